The van der Waals surface area contributed by atoms with Gasteiger partial charge in [-0.25, -0.2) is 0 Å². The van der Waals surface area contributed by atoms with Crippen LogP contribution in [0.15, 0.2) is 4.99 Å². The maximum Gasteiger partial charge on any atom is 0.239 e. The fourth-order valence-electron chi connectivity index (χ4n) is 3.92. The molecule has 1 unspecified atom stereocenters. The molecular formula is C17H28N2OS. The van der Waals surface area contributed by atoms with Crippen LogP contribution in [0.3, 0.4) is 0 Å². The normalized spacial score (nSPS) is 31.9. The van der Waals surface area contributed by atoms with Crippen LogP contribution in [-0.4, -0.2) is 22.4 Å². The molecule has 4 heteroatoms. The van der Waals surface area contributed by atoms with Gasteiger partial charge in [0.1, 0.15) is 0 Å². The molecule has 1 atom stereocenters. The van der Waals surface area contributed by atoms with E-state index >= 15 is 0 Å². The smallest absolute Gasteiger partial charge is 0.239 e. The summed E-state index contributed by atoms with van der Waals surface area (Å²) in [4.78, 5) is 17.1. The lowest BCUT2D eigenvalue weighted by atomic mass is 9.86. The van der Waals surface area contributed by atoms with Crippen molar-refractivity contribution in [2.75, 3.05) is 0 Å². The van der Waals surface area contributed by atoms with Crippen LogP contribution in [0.5, 0.6) is 0 Å². The number of hydrogen-bond donors (Lipinski definition) is 1. The van der Waals surface area contributed by atoms with Gasteiger partial charge in [0, 0.05) is 0 Å². The van der Waals surface area contributed by atoms with E-state index in [-0.39, 0.29) is 11.2 Å². The average Bonchev–Trinajstić information content (AvgIpc) is 2.83. The molecule has 1 saturated heterocycles. The monoisotopic (exact) mass is 308 g/mol. The third-order valence-corrected chi connectivity index (χ3v) is 6.46. The summed E-state index contributed by atoms with van der Waals surface area (Å²) < 4.78 is 0. The van der Waals surface area contributed by atoms with Crippen molar-refractivity contribution in [3.8, 4) is 0 Å². The zero-order chi connectivity index (χ0) is 14.5. The predicted molar refractivity (Wildman–Crippen MR) is 89.6 cm³/mol. The summed E-state index contributed by atoms with van der Waals surface area (Å²) in [5.74, 6) is 0.797. The molecule has 3 rings (SSSR count). The molecule has 0 aromatic heterocycles. The standard InChI is InChI=1S/C17H28N2OS/c20-16-15(13-9-5-4-6-10-13)21-17(19-16)18-14-11-7-2-1-3-8-12-14/h13-15H,1-12H2,(H,18,19,20). The van der Waals surface area contributed by atoms with Gasteiger partial charge in [0.05, 0.1) is 11.3 Å². The highest BCUT2D eigenvalue weighted by molar-refractivity contribution is 8.15. The average molecular weight is 308 g/mol. The molecule has 0 radical (unpaired) electrons. The summed E-state index contributed by atoms with van der Waals surface area (Å²) in [6.45, 7) is 0. The molecule has 0 bridgehead atoms. The topological polar surface area (TPSA) is 41.5 Å². The van der Waals surface area contributed by atoms with Crippen molar-refractivity contribution in [2.24, 2.45) is 10.9 Å². The largest absolute Gasteiger partial charge is 0.304 e. The number of thioether (sulfide) groups is 1. The molecule has 0 spiro atoms. The highest BCUT2D eigenvalue weighted by Gasteiger charge is 2.37. The Bertz CT molecular complexity index is 382. The van der Waals surface area contributed by atoms with Gasteiger partial charge in [0.15, 0.2) is 5.17 Å². The molecule has 2 aliphatic carbocycles. The van der Waals surface area contributed by atoms with Crippen LogP contribution in [0.4, 0.5) is 0 Å². The second kappa shape index (κ2) is 7.66. The second-order valence-electron chi connectivity index (χ2n) is 6.86. The van der Waals surface area contributed by atoms with Gasteiger partial charge in [-0.3, -0.25) is 9.79 Å². The number of amides is 1. The molecule has 3 nitrogen and oxygen atoms in total. The van der Waals surface area contributed by atoms with Crippen molar-refractivity contribution in [2.45, 2.75) is 88.3 Å². The van der Waals surface area contributed by atoms with Crippen LogP contribution in [0.1, 0.15) is 77.0 Å². The third-order valence-electron chi connectivity index (χ3n) is 5.18. The molecule has 1 aliphatic heterocycles. The maximum absolute atomic E-state index is 12.2. The first-order chi connectivity index (χ1) is 10.3. The van der Waals surface area contributed by atoms with Crippen LogP contribution in [0, 0.1) is 5.92 Å². The summed E-state index contributed by atoms with van der Waals surface area (Å²) in [7, 11) is 0. The Kier molecular flexibility index (Phi) is 5.61. The van der Waals surface area contributed by atoms with Crippen LogP contribution in [0.2, 0.25) is 0 Å². The van der Waals surface area contributed by atoms with E-state index in [1.807, 2.05) is 0 Å². The van der Waals surface area contributed by atoms with Gasteiger partial charge in [0.25, 0.3) is 0 Å². The number of aliphatic imine (C=N–C) groups is 1. The maximum atomic E-state index is 12.2. The van der Waals surface area contributed by atoms with Gasteiger partial charge in [0.2, 0.25) is 5.91 Å². The number of carbonyl (C=O) groups excluding carboxylic acids is 1. The van der Waals surface area contributed by atoms with Crippen molar-refractivity contribution in [3.05, 3.63) is 0 Å². The van der Waals surface area contributed by atoms with Crippen LogP contribution in [0.25, 0.3) is 0 Å². The van der Waals surface area contributed by atoms with Gasteiger partial charge in [-0.1, -0.05) is 63.1 Å². The zero-order valence-electron chi connectivity index (χ0n) is 13.0. The van der Waals surface area contributed by atoms with E-state index < -0.39 is 0 Å². The lowest BCUT2D eigenvalue weighted by molar-refractivity contribution is -0.119. The highest BCUT2D eigenvalue weighted by Crippen LogP contribution is 2.36. The molecule has 2 saturated carbocycles. The molecule has 1 heterocycles. The number of nitrogens with zero attached hydrogens (tertiary/aromatic N) is 1. The summed E-state index contributed by atoms with van der Waals surface area (Å²) in [5.41, 5.74) is 0. The van der Waals surface area contributed by atoms with E-state index in [1.165, 1.54) is 77.0 Å². The van der Waals surface area contributed by atoms with Gasteiger partial charge in [-0.2, -0.15) is 0 Å². The Balaban J connectivity index is 1.58. The first kappa shape index (κ1) is 15.4. The van der Waals surface area contributed by atoms with E-state index in [0.717, 1.165) is 5.17 Å². The Morgan fingerprint density at radius 1 is 0.857 bits per heavy atom. The van der Waals surface area contributed by atoms with Crippen molar-refractivity contribution in [1.82, 2.24) is 5.32 Å². The molecular weight excluding hydrogens is 280 g/mol. The fourth-order valence-corrected chi connectivity index (χ4v) is 5.16. The Hall–Kier alpha value is -0.510. The fraction of sp³-hybridized carbons (Fsp3) is 0.882. The lowest BCUT2D eigenvalue weighted by Crippen LogP contribution is -2.31. The summed E-state index contributed by atoms with van der Waals surface area (Å²) in [6.07, 6.45) is 15.5. The number of nitrogens with one attached hydrogen (secondary N) is 1. The molecule has 3 aliphatic rings. The van der Waals surface area contributed by atoms with Gasteiger partial charge < -0.3 is 5.32 Å². The van der Waals surface area contributed by atoms with Crippen molar-refractivity contribution >= 4 is 22.8 Å². The van der Waals surface area contributed by atoms with E-state index in [0.29, 0.717) is 12.0 Å². The molecule has 1 N–H and O–H groups in total. The quantitative estimate of drug-likeness (QED) is 0.828. The molecule has 1 amide bonds. The SMILES string of the molecule is O=C1NC(=NC2CCCCCCC2)SC1C1CCCCC1. The highest BCUT2D eigenvalue weighted by atomic mass is 32.2. The minimum absolute atomic E-state index is 0.137. The van der Waals surface area contributed by atoms with Crippen LogP contribution >= 0.6 is 11.8 Å². The second-order valence-corrected chi connectivity index (χ2v) is 7.99. The zero-order valence-corrected chi connectivity index (χ0v) is 13.8. The Labute approximate surface area is 132 Å². The van der Waals surface area contributed by atoms with Gasteiger partial charge in [-0.05, 0) is 31.6 Å². The van der Waals surface area contributed by atoms with Crippen LogP contribution < -0.4 is 5.32 Å². The van der Waals surface area contributed by atoms with E-state index in [1.54, 1.807) is 11.8 Å². The minimum Gasteiger partial charge on any atom is -0.304 e. The van der Waals surface area contributed by atoms with Gasteiger partial charge in [-0.15, -0.1) is 0 Å². The molecule has 21 heavy (non-hydrogen) atoms. The predicted octanol–water partition coefficient (Wildman–Crippen LogP) is 4.27. The van der Waals surface area contributed by atoms with Crippen molar-refractivity contribution in [3.63, 3.8) is 0 Å². The minimum atomic E-state index is 0.137. The number of hydrogen-bond acceptors (Lipinski definition) is 3. The Morgan fingerprint density at radius 3 is 2.14 bits per heavy atom. The van der Waals surface area contributed by atoms with E-state index in [4.69, 9.17) is 4.99 Å². The van der Waals surface area contributed by atoms with Crippen molar-refractivity contribution in [1.29, 1.82) is 0 Å². The number of amidine groups is 1. The van der Waals surface area contributed by atoms with E-state index in [2.05, 4.69) is 5.32 Å². The van der Waals surface area contributed by atoms with Gasteiger partial charge >= 0.3 is 0 Å². The summed E-state index contributed by atoms with van der Waals surface area (Å²) >= 11 is 1.72. The third kappa shape index (κ3) is 4.24. The molecule has 118 valence electrons. The van der Waals surface area contributed by atoms with Crippen LogP contribution in [-0.2, 0) is 4.79 Å². The first-order valence-electron chi connectivity index (χ1n) is 8.88. The lowest BCUT2D eigenvalue weighted by Gasteiger charge is -2.24. The number of carbonyl (C=O) groups is 1. The first-order valence-corrected chi connectivity index (χ1v) is 9.76. The summed E-state index contributed by atoms with van der Waals surface area (Å²) in [6, 6.07) is 0.443. The molecule has 0 aromatic carbocycles. The number of rotatable bonds is 2. The van der Waals surface area contributed by atoms with E-state index in [9.17, 15) is 4.79 Å². The van der Waals surface area contributed by atoms with Crippen molar-refractivity contribution < 1.29 is 4.79 Å². The molecule has 0 aromatic rings. The Morgan fingerprint density at radius 2 is 1.43 bits per heavy atom. The molecule has 3 fully saturated rings. The summed E-state index contributed by atoms with van der Waals surface area (Å²) in [5, 5.41) is 4.11.